The third kappa shape index (κ3) is 7.55. The maximum absolute atomic E-state index is 12.8. The third-order valence-corrected chi connectivity index (χ3v) is 8.53. The van der Waals surface area contributed by atoms with E-state index in [1.807, 2.05) is 21.6 Å². The molecule has 2 aliphatic rings. The Morgan fingerprint density at radius 3 is 2.39 bits per heavy atom. The molecule has 13 nitrogen and oxygen atoms in total. The monoisotopic (exact) mass is 482 g/mol. The maximum Gasteiger partial charge on any atom is 0.295 e. The molecule has 0 radical (unpaired) electrons. The van der Waals surface area contributed by atoms with E-state index in [0.29, 0.717) is 11.8 Å². The van der Waals surface area contributed by atoms with Crippen molar-refractivity contribution in [1.82, 2.24) is 5.32 Å². The predicted octanol–water partition coefficient (Wildman–Crippen LogP) is 2.42. The first-order chi connectivity index (χ1) is 14.6. The highest BCUT2D eigenvalue weighted by Crippen LogP contribution is 2.41. The van der Waals surface area contributed by atoms with Crippen molar-refractivity contribution in [1.29, 1.82) is 0 Å². The summed E-state index contributed by atoms with van der Waals surface area (Å²) in [6.07, 6.45) is 0.979. The Kier molecular flexibility index (Phi) is 9.40. The molecule has 0 spiro atoms. The van der Waals surface area contributed by atoms with Crippen molar-refractivity contribution in [3.8, 4) is 0 Å². The average Bonchev–Trinajstić information content (AvgIpc) is 3.18. The van der Waals surface area contributed by atoms with Gasteiger partial charge in [-0.25, -0.2) is 0 Å². The van der Waals surface area contributed by atoms with Crippen molar-refractivity contribution in [3.05, 3.63) is 30.3 Å². The Hall–Kier alpha value is -2.03. The summed E-state index contributed by atoms with van der Waals surface area (Å²) in [6, 6.07) is -1.71. The average molecular weight is 483 g/mol. The lowest BCUT2D eigenvalue weighted by molar-refractivity contribution is -0.808. The largest absolute Gasteiger partial charge is 0.356 e. The van der Waals surface area contributed by atoms with Gasteiger partial charge in [0.05, 0.1) is 5.41 Å². The number of nitrogens with one attached hydrogen (secondary N) is 1. The summed E-state index contributed by atoms with van der Waals surface area (Å²) < 4.78 is 0. The van der Waals surface area contributed by atoms with Crippen LogP contribution in [0, 0.1) is 35.8 Å². The van der Waals surface area contributed by atoms with Gasteiger partial charge in [0, 0.05) is 28.9 Å². The molecule has 2 rings (SSSR count). The Labute approximate surface area is 186 Å². The number of rotatable bonds is 12. The van der Waals surface area contributed by atoms with Gasteiger partial charge >= 0.3 is 0 Å². The van der Waals surface area contributed by atoms with Crippen LogP contribution in [0.2, 0.25) is 0 Å². The number of carbonyl (C=O) groups excluding carboxylic acids is 1. The summed E-state index contributed by atoms with van der Waals surface area (Å²) in [7, 11) is 3.81. The van der Waals surface area contributed by atoms with Crippen LogP contribution < -0.4 is 5.32 Å². The SMILES string of the molecule is CC1(C(=O)NCCCCCC2CCSS2)CC(O[N+](=O)[O-])C(O[N+](=O)[O-])C([N+](=O)[O-])C1. The maximum atomic E-state index is 12.8. The standard InChI is InChI=1S/C16H26N4O9S2/c1-16(15(21)17-7-4-2-3-5-11-6-8-30-31-11)9-12(18(22)23)14(29-20(26)27)13(10-16)28-19(24)25/h11-14H,2-10H2,1H3,(H,17,21). The molecule has 5 atom stereocenters. The Balaban J connectivity index is 1.92. The van der Waals surface area contributed by atoms with Crippen LogP contribution in [-0.2, 0) is 14.5 Å². The normalized spacial score (nSPS) is 30.4. The molecule has 31 heavy (non-hydrogen) atoms. The molecule has 1 aliphatic carbocycles. The number of unbranched alkanes of at least 4 members (excludes halogenated alkanes) is 2. The highest BCUT2D eigenvalue weighted by atomic mass is 33.1. The highest BCUT2D eigenvalue weighted by Gasteiger charge is 2.55. The molecular formula is C16H26N4O9S2. The molecule has 0 aromatic rings. The van der Waals surface area contributed by atoms with E-state index in [-0.39, 0.29) is 12.8 Å². The van der Waals surface area contributed by atoms with Crippen LogP contribution in [0.4, 0.5) is 0 Å². The second-order valence-electron chi connectivity index (χ2n) is 7.92. The van der Waals surface area contributed by atoms with Gasteiger partial charge in [-0.3, -0.25) is 14.9 Å². The van der Waals surface area contributed by atoms with Gasteiger partial charge in [-0.1, -0.05) is 41.4 Å². The third-order valence-electron chi connectivity index (χ3n) is 5.52. The van der Waals surface area contributed by atoms with E-state index in [1.54, 1.807) is 0 Å². The zero-order valence-corrected chi connectivity index (χ0v) is 18.6. The smallest absolute Gasteiger partial charge is 0.295 e. The zero-order valence-electron chi connectivity index (χ0n) is 17.0. The van der Waals surface area contributed by atoms with E-state index in [1.165, 1.54) is 19.1 Å². The van der Waals surface area contributed by atoms with Gasteiger partial charge in [-0.15, -0.1) is 20.2 Å². The molecule has 2 fully saturated rings. The Morgan fingerprint density at radius 1 is 1.10 bits per heavy atom. The van der Waals surface area contributed by atoms with Gasteiger partial charge in [-0.05, 0) is 25.7 Å². The summed E-state index contributed by atoms with van der Waals surface area (Å²) in [6.45, 7) is 1.81. The van der Waals surface area contributed by atoms with Gasteiger partial charge in [-0.2, -0.15) is 0 Å². The first-order valence-electron chi connectivity index (χ1n) is 9.95. The molecule has 1 heterocycles. The van der Waals surface area contributed by atoms with Crippen molar-refractivity contribution in [3.63, 3.8) is 0 Å². The van der Waals surface area contributed by atoms with Gasteiger partial charge in [0.25, 0.3) is 10.2 Å². The minimum Gasteiger partial charge on any atom is -0.356 e. The van der Waals surface area contributed by atoms with Crippen molar-refractivity contribution < 1.29 is 29.6 Å². The number of amides is 1. The quantitative estimate of drug-likeness (QED) is 0.187. The lowest BCUT2D eigenvalue weighted by Crippen LogP contribution is -2.58. The van der Waals surface area contributed by atoms with E-state index in [9.17, 15) is 35.1 Å². The summed E-state index contributed by atoms with van der Waals surface area (Å²) in [5.41, 5.74) is -1.37. The topological polar surface area (TPSA) is 177 Å². The second-order valence-corrected chi connectivity index (χ2v) is 10.7. The van der Waals surface area contributed by atoms with E-state index in [0.717, 1.165) is 25.7 Å². The fraction of sp³-hybridized carbons (Fsp3) is 0.938. The molecule has 1 saturated carbocycles. The summed E-state index contributed by atoms with van der Waals surface area (Å²) in [4.78, 5) is 53.7. The molecule has 5 unspecified atom stereocenters. The molecule has 1 saturated heterocycles. The zero-order chi connectivity index (χ0) is 23.0. The second kappa shape index (κ2) is 11.5. The summed E-state index contributed by atoms with van der Waals surface area (Å²) >= 11 is 0. The van der Waals surface area contributed by atoms with E-state index in [4.69, 9.17) is 0 Å². The molecule has 1 amide bonds. The van der Waals surface area contributed by atoms with Crippen molar-refractivity contribution in [2.75, 3.05) is 12.3 Å². The van der Waals surface area contributed by atoms with Gasteiger partial charge < -0.3 is 15.0 Å². The molecule has 0 aromatic heterocycles. The van der Waals surface area contributed by atoms with Crippen molar-refractivity contribution in [2.45, 2.75) is 75.4 Å². The lowest BCUT2D eigenvalue weighted by Gasteiger charge is -2.40. The molecule has 176 valence electrons. The summed E-state index contributed by atoms with van der Waals surface area (Å²) in [5, 5.41) is 34.0. The fourth-order valence-electron chi connectivity index (χ4n) is 3.95. The van der Waals surface area contributed by atoms with E-state index >= 15 is 0 Å². The Bertz CT molecular complexity index is 679. The van der Waals surface area contributed by atoms with Gasteiger partial charge in [0.2, 0.25) is 18.1 Å². The van der Waals surface area contributed by atoms with E-state index < -0.39 is 44.7 Å². The van der Waals surface area contributed by atoms with Crippen molar-refractivity contribution in [2.24, 2.45) is 5.41 Å². The molecule has 15 heteroatoms. The van der Waals surface area contributed by atoms with Gasteiger partial charge in [0.1, 0.15) is 6.10 Å². The highest BCUT2D eigenvalue weighted by molar-refractivity contribution is 8.77. The number of hydrogen-bond donors (Lipinski definition) is 1. The molecule has 0 bridgehead atoms. The van der Waals surface area contributed by atoms with Crippen LogP contribution in [0.5, 0.6) is 0 Å². The minimum absolute atomic E-state index is 0.320. The van der Waals surface area contributed by atoms with Crippen LogP contribution in [-0.4, -0.2) is 56.8 Å². The molecule has 0 aromatic carbocycles. The Morgan fingerprint density at radius 2 is 1.81 bits per heavy atom. The van der Waals surface area contributed by atoms with Crippen molar-refractivity contribution >= 4 is 27.5 Å². The number of nitro groups is 1. The van der Waals surface area contributed by atoms with E-state index in [2.05, 4.69) is 15.0 Å². The first kappa shape index (κ1) is 25.2. The predicted molar refractivity (Wildman–Crippen MR) is 112 cm³/mol. The molecular weight excluding hydrogens is 456 g/mol. The summed E-state index contributed by atoms with van der Waals surface area (Å²) in [5.74, 6) is 0.683. The number of nitrogens with zero attached hydrogens (tertiary/aromatic N) is 3. The van der Waals surface area contributed by atoms with Crippen LogP contribution in [0.3, 0.4) is 0 Å². The molecule has 1 N–H and O–H groups in total. The van der Waals surface area contributed by atoms with Crippen LogP contribution >= 0.6 is 21.6 Å². The number of carbonyl (C=O) groups is 1. The minimum atomic E-state index is -1.79. The van der Waals surface area contributed by atoms with Crippen LogP contribution in [0.15, 0.2) is 0 Å². The first-order valence-corrected chi connectivity index (χ1v) is 12.3. The lowest BCUT2D eigenvalue weighted by atomic mass is 9.70. The van der Waals surface area contributed by atoms with Crippen LogP contribution in [0.1, 0.15) is 51.9 Å². The number of hydrogen-bond acceptors (Lipinski definition) is 11. The molecule has 1 aliphatic heterocycles. The fourth-order valence-corrected chi connectivity index (χ4v) is 6.98. The van der Waals surface area contributed by atoms with Gasteiger partial charge in [0.15, 0.2) is 0 Å². The van der Waals surface area contributed by atoms with Crippen LogP contribution in [0.25, 0.3) is 0 Å².